The molecular weight excluding hydrogens is 396 g/mol. The van der Waals surface area contributed by atoms with Crippen molar-refractivity contribution in [2.45, 2.75) is 52.0 Å². The van der Waals surface area contributed by atoms with Crippen molar-refractivity contribution in [1.82, 2.24) is 10.2 Å². The lowest BCUT2D eigenvalue weighted by molar-refractivity contribution is -0.151. The molecule has 0 bridgehead atoms. The first-order chi connectivity index (χ1) is 15.0. The molecule has 2 rings (SSSR count). The normalized spacial score (nSPS) is 16.0. The summed E-state index contributed by atoms with van der Waals surface area (Å²) in [6.45, 7) is 5.08. The average molecular weight is 431 g/mol. The summed E-state index contributed by atoms with van der Waals surface area (Å²) >= 11 is 0. The summed E-state index contributed by atoms with van der Waals surface area (Å²) < 4.78 is 10.0. The molecule has 7 heteroatoms. The van der Waals surface area contributed by atoms with Gasteiger partial charge in [-0.3, -0.25) is 9.59 Å². The smallest absolute Gasteiger partial charge is 0.337 e. The third-order valence-corrected chi connectivity index (χ3v) is 5.73. The maximum atomic E-state index is 13.3. The summed E-state index contributed by atoms with van der Waals surface area (Å²) in [6, 6.07) is 9.26. The zero-order valence-corrected chi connectivity index (χ0v) is 19.0. The van der Waals surface area contributed by atoms with Crippen LogP contribution >= 0.6 is 0 Å². The molecule has 0 spiro atoms. The second-order valence-electron chi connectivity index (χ2n) is 7.59. The third kappa shape index (κ3) is 6.09. The predicted octanol–water partition coefficient (Wildman–Crippen LogP) is 3.15. The summed E-state index contributed by atoms with van der Waals surface area (Å²) in [5.74, 6) is -3.45. The minimum absolute atomic E-state index is 0.00226. The van der Waals surface area contributed by atoms with Crippen molar-refractivity contribution in [2.24, 2.45) is 5.92 Å². The first-order valence-corrected chi connectivity index (χ1v) is 11.0. The molecular formula is C24H34N2O5. The molecule has 0 radical (unpaired) electrons. The number of amides is 1. The molecule has 1 aliphatic rings. The first kappa shape index (κ1) is 24.4. The molecule has 1 saturated carbocycles. The van der Waals surface area contributed by atoms with E-state index in [9.17, 15) is 14.4 Å². The Balaban J connectivity index is 2.65. The van der Waals surface area contributed by atoms with Gasteiger partial charge in [0.1, 0.15) is 0 Å². The minimum atomic E-state index is -1.42. The van der Waals surface area contributed by atoms with Crippen LogP contribution in [0.4, 0.5) is 0 Å². The molecule has 1 unspecified atom stereocenters. The van der Waals surface area contributed by atoms with Gasteiger partial charge in [-0.2, -0.15) is 0 Å². The molecule has 31 heavy (non-hydrogen) atoms. The van der Waals surface area contributed by atoms with Crippen LogP contribution in [0.15, 0.2) is 35.9 Å². The topological polar surface area (TPSA) is 84.9 Å². The van der Waals surface area contributed by atoms with Gasteiger partial charge in [0.05, 0.1) is 25.5 Å². The monoisotopic (exact) mass is 430 g/mol. The SMILES string of the molecule is CCN(CC)/C(=C(/C(=O)OC)C(C(=O)NC1CCCCC1)C(=O)OC)c1ccccc1. The molecule has 1 aromatic rings. The molecule has 170 valence electrons. The largest absolute Gasteiger partial charge is 0.468 e. The van der Waals surface area contributed by atoms with Gasteiger partial charge in [0, 0.05) is 19.1 Å². The van der Waals surface area contributed by atoms with E-state index in [1.165, 1.54) is 14.2 Å². The Morgan fingerprint density at radius 1 is 1.00 bits per heavy atom. The third-order valence-electron chi connectivity index (χ3n) is 5.73. The van der Waals surface area contributed by atoms with E-state index in [0.29, 0.717) is 18.8 Å². The maximum absolute atomic E-state index is 13.3. The Hall–Kier alpha value is -2.83. The van der Waals surface area contributed by atoms with E-state index in [2.05, 4.69) is 5.32 Å². The standard InChI is InChI=1S/C24H34N2O5/c1-5-26(6-2)21(17-13-9-7-10-14-17)19(23(28)30-3)20(24(29)31-4)22(27)25-18-15-11-8-12-16-18/h7,9-10,13-14,18,20H,5-6,8,11-12,15-16H2,1-4H3,(H,25,27)/b21-19+. The van der Waals surface area contributed by atoms with Crippen LogP contribution in [-0.2, 0) is 23.9 Å². The number of carbonyl (C=O) groups is 3. The van der Waals surface area contributed by atoms with Gasteiger partial charge in [-0.1, -0.05) is 49.6 Å². The summed E-state index contributed by atoms with van der Waals surface area (Å²) in [6.07, 6.45) is 4.92. The number of hydrogen-bond donors (Lipinski definition) is 1. The number of esters is 2. The van der Waals surface area contributed by atoms with Gasteiger partial charge in [0.25, 0.3) is 0 Å². The molecule has 0 aromatic heterocycles. The van der Waals surface area contributed by atoms with Crippen LogP contribution in [-0.4, -0.2) is 56.1 Å². The van der Waals surface area contributed by atoms with E-state index < -0.39 is 23.8 Å². The van der Waals surface area contributed by atoms with Crippen molar-refractivity contribution in [3.63, 3.8) is 0 Å². The Morgan fingerprint density at radius 2 is 1.61 bits per heavy atom. The Kier molecular flexibility index (Phi) is 9.56. The van der Waals surface area contributed by atoms with Crippen LogP contribution < -0.4 is 5.32 Å². The fourth-order valence-corrected chi connectivity index (χ4v) is 4.11. The van der Waals surface area contributed by atoms with Gasteiger partial charge in [-0.15, -0.1) is 0 Å². The summed E-state index contributed by atoms with van der Waals surface area (Å²) in [5.41, 5.74) is 1.23. The first-order valence-electron chi connectivity index (χ1n) is 11.0. The Labute approximate surface area is 184 Å². The number of rotatable bonds is 9. The summed E-state index contributed by atoms with van der Waals surface area (Å²) in [7, 11) is 2.47. The molecule has 7 nitrogen and oxygen atoms in total. The van der Waals surface area contributed by atoms with Crippen LogP contribution in [0.5, 0.6) is 0 Å². The lowest BCUT2D eigenvalue weighted by atomic mass is 9.90. The predicted molar refractivity (Wildman–Crippen MR) is 119 cm³/mol. The zero-order chi connectivity index (χ0) is 22.8. The summed E-state index contributed by atoms with van der Waals surface area (Å²) in [5, 5.41) is 2.97. The molecule has 1 N–H and O–H groups in total. The Bertz CT molecular complexity index is 780. The molecule has 1 amide bonds. The number of ether oxygens (including phenoxy) is 2. The van der Waals surface area contributed by atoms with E-state index >= 15 is 0 Å². The van der Waals surface area contributed by atoms with E-state index in [1.807, 2.05) is 49.1 Å². The quantitative estimate of drug-likeness (QED) is 0.368. The zero-order valence-electron chi connectivity index (χ0n) is 19.0. The van der Waals surface area contributed by atoms with Crippen molar-refractivity contribution >= 4 is 23.5 Å². The number of nitrogens with zero attached hydrogens (tertiary/aromatic N) is 1. The second kappa shape index (κ2) is 12.1. The summed E-state index contributed by atoms with van der Waals surface area (Å²) in [4.78, 5) is 41.2. The van der Waals surface area contributed by atoms with Gasteiger partial charge in [-0.05, 0) is 32.3 Å². The van der Waals surface area contributed by atoms with Gasteiger partial charge >= 0.3 is 11.9 Å². The van der Waals surface area contributed by atoms with E-state index in [-0.39, 0.29) is 11.6 Å². The fourth-order valence-electron chi connectivity index (χ4n) is 4.11. The molecule has 1 atom stereocenters. The van der Waals surface area contributed by atoms with Crippen molar-refractivity contribution in [1.29, 1.82) is 0 Å². The number of benzene rings is 1. The Morgan fingerprint density at radius 3 is 2.13 bits per heavy atom. The highest BCUT2D eigenvalue weighted by molar-refractivity contribution is 6.12. The molecule has 1 aromatic carbocycles. The fraction of sp³-hybridized carbons (Fsp3) is 0.542. The van der Waals surface area contributed by atoms with E-state index in [0.717, 1.165) is 37.7 Å². The van der Waals surface area contributed by atoms with Crippen LogP contribution in [0.2, 0.25) is 0 Å². The number of methoxy groups -OCH3 is 2. The molecule has 1 fully saturated rings. The van der Waals surface area contributed by atoms with Crippen molar-refractivity contribution < 1.29 is 23.9 Å². The number of hydrogen-bond acceptors (Lipinski definition) is 6. The van der Waals surface area contributed by atoms with Crippen LogP contribution in [0, 0.1) is 5.92 Å². The average Bonchev–Trinajstić information content (AvgIpc) is 2.81. The highest BCUT2D eigenvalue weighted by Gasteiger charge is 2.40. The van der Waals surface area contributed by atoms with Crippen molar-refractivity contribution in [3.05, 3.63) is 41.5 Å². The van der Waals surface area contributed by atoms with Crippen LogP contribution in [0.1, 0.15) is 51.5 Å². The van der Waals surface area contributed by atoms with Gasteiger partial charge < -0.3 is 19.7 Å². The maximum Gasteiger partial charge on any atom is 0.337 e. The lowest BCUT2D eigenvalue weighted by Gasteiger charge is -2.30. The highest BCUT2D eigenvalue weighted by atomic mass is 16.5. The van der Waals surface area contributed by atoms with Crippen molar-refractivity contribution in [3.8, 4) is 0 Å². The molecule has 0 saturated heterocycles. The van der Waals surface area contributed by atoms with Crippen LogP contribution in [0.3, 0.4) is 0 Å². The van der Waals surface area contributed by atoms with Crippen molar-refractivity contribution in [2.75, 3.05) is 27.3 Å². The van der Waals surface area contributed by atoms with E-state index in [1.54, 1.807) is 0 Å². The lowest BCUT2D eigenvalue weighted by Crippen LogP contribution is -2.45. The molecule has 0 aliphatic heterocycles. The van der Waals surface area contributed by atoms with Gasteiger partial charge in [0.15, 0.2) is 5.92 Å². The highest BCUT2D eigenvalue weighted by Crippen LogP contribution is 2.30. The number of nitrogens with one attached hydrogen (secondary N) is 1. The van der Waals surface area contributed by atoms with E-state index in [4.69, 9.17) is 9.47 Å². The molecule has 1 aliphatic carbocycles. The van der Waals surface area contributed by atoms with Gasteiger partial charge in [-0.25, -0.2) is 4.79 Å². The van der Waals surface area contributed by atoms with Gasteiger partial charge in [0.2, 0.25) is 5.91 Å². The minimum Gasteiger partial charge on any atom is -0.468 e. The number of carbonyl (C=O) groups excluding carboxylic acids is 3. The van der Waals surface area contributed by atoms with Crippen LogP contribution in [0.25, 0.3) is 5.70 Å². The second-order valence-corrected chi connectivity index (χ2v) is 7.59. The molecule has 0 heterocycles.